The normalized spacial score (nSPS) is 15.3. The van der Waals surface area contributed by atoms with Gasteiger partial charge in [0.1, 0.15) is 0 Å². The second-order valence-corrected chi connectivity index (χ2v) is 3.34. The van der Waals surface area contributed by atoms with Gasteiger partial charge in [0.25, 0.3) is 0 Å². The van der Waals surface area contributed by atoms with Gasteiger partial charge in [0.15, 0.2) is 0 Å². The maximum Gasteiger partial charge on any atom is 0.0573 e. The summed E-state index contributed by atoms with van der Waals surface area (Å²) in [6.07, 6.45) is 2.71. The molecule has 2 atom stereocenters. The Morgan fingerprint density at radius 3 is 2.77 bits per heavy atom. The number of nitrogens with zero attached hydrogens (tertiary/aromatic N) is 1. The molecule has 3 heteroatoms. The summed E-state index contributed by atoms with van der Waals surface area (Å²) in [7, 11) is 0. The standard InChI is InChI=1S/C10H17N3/c1-8(5-6-11)10(12)9-4-2-3-7-13-9/h2-4,7-8,10H,5-6,11-12H2,1H3. The Labute approximate surface area is 79.2 Å². The summed E-state index contributed by atoms with van der Waals surface area (Å²) < 4.78 is 0. The van der Waals surface area contributed by atoms with Crippen molar-refractivity contribution < 1.29 is 0 Å². The van der Waals surface area contributed by atoms with Crippen LogP contribution >= 0.6 is 0 Å². The molecule has 0 aliphatic rings. The van der Waals surface area contributed by atoms with E-state index in [1.165, 1.54) is 0 Å². The molecule has 3 nitrogen and oxygen atoms in total. The first-order valence-electron chi connectivity index (χ1n) is 4.62. The van der Waals surface area contributed by atoms with Crippen molar-refractivity contribution in [2.24, 2.45) is 17.4 Å². The second-order valence-electron chi connectivity index (χ2n) is 3.34. The van der Waals surface area contributed by atoms with Gasteiger partial charge in [0.05, 0.1) is 5.69 Å². The molecule has 0 amide bonds. The monoisotopic (exact) mass is 179 g/mol. The Hall–Kier alpha value is -0.930. The van der Waals surface area contributed by atoms with Gasteiger partial charge in [0, 0.05) is 12.2 Å². The zero-order chi connectivity index (χ0) is 9.68. The third-order valence-corrected chi connectivity index (χ3v) is 2.26. The molecule has 72 valence electrons. The van der Waals surface area contributed by atoms with Crippen LogP contribution in [-0.2, 0) is 0 Å². The molecule has 0 aliphatic heterocycles. The molecule has 0 aliphatic carbocycles. The van der Waals surface area contributed by atoms with Crippen LogP contribution in [0.15, 0.2) is 24.4 Å². The summed E-state index contributed by atoms with van der Waals surface area (Å²) in [6.45, 7) is 2.79. The Bertz CT molecular complexity index is 235. The van der Waals surface area contributed by atoms with Crippen molar-refractivity contribution in [3.63, 3.8) is 0 Å². The SMILES string of the molecule is CC(CCN)C(N)c1ccccn1. The summed E-state index contributed by atoms with van der Waals surface area (Å²) in [4.78, 5) is 4.22. The molecule has 0 aromatic carbocycles. The number of pyridine rings is 1. The molecule has 2 unspecified atom stereocenters. The van der Waals surface area contributed by atoms with E-state index >= 15 is 0 Å². The van der Waals surface area contributed by atoms with E-state index < -0.39 is 0 Å². The van der Waals surface area contributed by atoms with Gasteiger partial charge >= 0.3 is 0 Å². The van der Waals surface area contributed by atoms with Gasteiger partial charge in [-0.2, -0.15) is 0 Å². The maximum atomic E-state index is 6.01. The van der Waals surface area contributed by atoms with E-state index in [0.29, 0.717) is 12.5 Å². The van der Waals surface area contributed by atoms with Gasteiger partial charge in [-0.3, -0.25) is 4.98 Å². The Morgan fingerprint density at radius 2 is 2.23 bits per heavy atom. The van der Waals surface area contributed by atoms with Crippen LogP contribution in [-0.4, -0.2) is 11.5 Å². The predicted octanol–water partition coefficient (Wildman–Crippen LogP) is 1.07. The third-order valence-electron chi connectivity index (χ3n) is 2.26. The van der Waals surface area contributed by atoms with E-state index in [1.807, 2.05) is 18.2 Å². The molecular weight excluding hydrogens is 162 g/mol. The zero-order valence-electron chi connectivity index (χ0n) is 7.98. The molecule has 13 heavy (non-hydrogen) atoms. The summed E-state index contributed by atoms with van der Waals surface area (Å²) in [5.74, 6) is 0.389. The van der Waals surface area contributed by atoms with Crippen molar-refractivity contribution in [2.45, 2.75) is 19.4 Å². The molecule has 0 fully saturated rings. The Kier molecular flexibility index (Phi) is 3.86. The quantitative estimate of drug-likeness (QED) is 0.726. The molecule has 0 radical (unpaired) electrons. The van der Waals surface area contributed by atoms with Gasteiger partial charge in [-0.1, -0.05) is 13.0 Å². The van der Waals surface area contributed by atoms with Gasteiger partial charge in [-0.25, -0.2) is 0 Å². The minimum absolute atomic E-state index is 0.00440. The molecule has 4 N–H and O–H groups in total. The first-order chi connectivity index (χ1) is 6.25. The maximum absolute atomic E-state index is 6.01. The molecular formula is C10H17N3. The lowest BCUT2D eigenvalue weighted by Crippen LogP contribution is -2.22. The van der Waals surface area contributed by atoms with Crippen molar-refractivity contribution in [1.82, 2.24) is 4.98 Å². The van der Waals surface area contributed by atoms with E-state index in [-0.39, 0.29) is 6.04 Å². The van der Waals surface area contributed by atoms with Crippen LogP contribution in [0.2, 0.25) is 0 Å². The smallest absolute Gasteiger partial charge is 0.0573 e. The first-order valence-corrected chi connectivity index (χ1v) is 4.62. The number of hydrogen-bond acceptors (Lipinski definition) is 3. The summed E-state index contributed by atoms with van der Waals surface area (Å²) >= 11 is 0. The fourth-order valence-corrected chi connectivity index (χ4v) is 1.31. The van der Waals surface area contributed by atoms with Gasteiger partial charge in [-0.05, 0) is 31.0 Å². The molecule has 1 aromatic rings. The zero-order valence-corrected chi connectivity index (χ0v) is 7.98. The highest BCUT2D eigenvalue weighted by Crippen LogP contribution is 2.18. The van der Waals surface area contributed by atoms with Crippen molar-refractivity contribution in [3.05, 3.63) is 30.1 Å². The largest absolute Gasteiger partial charge is 0.330 e. The van der Waals surface area contributed by atoms with Gasteiger partial charge in [0.2, 0.25) is 0 Å². The predicted molar refractivity (Wildman–Crippen MR) is 54.0 cm³/mol. The molecule has 1 heterocycles. The average molecular weight is 179 g/mol. The highest BCUT2D eigenvalue weighted by molar-refractivity contribution is 5.08. The van der Waals surface area contributed by atoms with Crippen molar-refractivity contribution >= 4 is 0 Å². The lowest BCUT2D eigenvalue weighted by atomic mass is 9.96. The van der Waals surface area contributed by atoms with Crippen molar-refractivity contribution in [3.8, 4) is 0 Å². The summed E-state index contributed by atoms with van der Waals surface area (Å²) in [6, 6.07) is 5.81. The van der Waals surface area contributed by atoms with Crippen LogP contribution in [0.1, 0.15) is 25.1 Å². The third kappa shape index (κ3) is 2.79. The van der Waals surface area contributed by atoms with E-state index in [4.69, 9.17) is 11.5 Å². The molecule has 0 saturated carbocycles. The average Bonchev–Trinajstić information content (AvgIpc) is 2.18. The van der Waals surface area contributed by atoms with E-state index in [1.54, 1.807) is 6.20 Å². The second kappa shape index (κ2) is 4.94. The lowest BCUT2D eigenvalue weighted by molar-refractivity contribution is 0.436. The molecule has 0 spiro atoms. The number of nitrogens with two attached hydrogens (primary N) is 2. The summed E-state index contributed by atoms with van der Waals surface area (Å²) in [5, 5.41) is 0. The summed E-state index contributed by atoms with van der Waals surface area (Å²) in [5.41, 5.74) is 12.4. The van der Waals surface area contributed by atoms with Gasteiger partial charge < -0.3 is 11.5 Å². The molecule has 1 aromatic heterocycles. The van der Waals surface area contributed by atoms with Crippen LogP contribution in [0.5, 0.6) is 0 Å². The van der Waals surface area contributed by atoms with E-state index in [9.17, 15) is 0 Å². The number of hydrogen-bond donors (Lipinski definition) is 2. The molecule has 0 bridgehead atoms. The Balaban J connectivity index is 2.62. The Morgan fingerprint density at radius 1 is 1.46 bits per heavy atom. The van der Waals surface area contributed by atoms with E-state index in [0.717, 1.165) is 12.1 Å². The van der Waals surface area contributed by atoms with Crippen molar-refractivity contribution in [2.75, 3.05) is 6.54 Å². The topological polar surface area (TPSA) is 64.9 Å². The van der Waals surface area contributed by atoms with Crippen LogP contribution in [0, 0.1) is 5.92 Å². The van der Waals surface area contributed by atoms with Crippen molar-refractivity contribution in [1.29, 1.82) is 0 Å². The van der Waals surface area contributed by atoms with Crippen LogP contribution in [0.25, 0.3) is 0 Å². The number of aromatic nitrogens is 1. The lowest BCUT2D eigenvalue weighted by Gasteiger charge is -2.18. The fourth-order valence-electron chi connectivity index (χ4n) is 1.31. The van der Waals surface area contributed by atoms with Gasteiger partial charge in [-0.15, -0.1) is 0 Å². The molecule has 0 saturated heterocycles. The highest BCUT2D eigenvalue weighted by Gasteiger charge is 2.14. The van der Waals surface area contributed by atoms with Crippen LogP contribution in [0.3, 0.4) is 0 Å². The number of rotatable bonds is 4. The van der Waals surface area contributed by atoms with E-state index in [2.05, 4.69) is 11.9 Å². The highest BCUT2D eigenvalue weighted by atomic mass is 14.8. The van der Waals surface area contributed by atoms with Crippen LogP contribution in [0.4, 0.5) is 0 Å². The minimum atomic E-state index is 0.00440. The molecule has 1 rings (SSSR count). The van der Waals surface area contributed by atoms with Crippen LogP contribution < -0.4 is 11.5 Å². The fraction of sp³-hybridized carbons (Fsp3) is 0.500. The first kappa shape index (κ1) is 10.2. The minimum Gasteiger partial charge on any atom is -0.330 e.